The number of unbranched alkanes of at least 4 members (excludes halogenated alkanes) is 4. The van der Waals surface area contributed by atoms with Gasteiger partial charge in [0.1, 0.15) is 23.1 Å². The summed E-state index contributed by atoms with van der Waals surface area (Å²) < 4.78 is 6.01. The number of phenols is 1. The van der Waals surface area contributed by atoms with Gasteiger partial charge in [-0.05, 0) is 156 Å². The predicted molar refractivity (Wildman–Crippen MR) is 362 cm³/mol. The van der Waals surface area contributed by atoms with Gasteiger partial charge in [0, 0.05) is 78.6 Å². The predicted octanol–water partition coefficient (Wildman–Crippen LogP) is 21.5. The van der Waals surface area contributed by atoms with Gasteiger partial charge in [-0.15, -0.1) is 0 Å². The second-order valence-corrected chi connectivity index (χ2v) is 23.7. The zero-order valence-corrected chi connectivity index (χ0v) is 50.8. The van der Waals surface area contributed by atoms with Crippen LogP contribution in [0.15, 0.2) is 219 Å². The van der Waals surface area contributed by atoms with E-state index in [0.29, 0.717) is 5.75 Å². The van der Waals surface area contributed by atoms with Gasteiger partial charge in [-0.25, -0.2) is 19.9 Å². The maximum Gasteiger partial charge on any atom is 0.137 e. The largest absolute Gasteiger partial charge is 0.507 e. The molecule has 8 heteroatoms. The Bertz CT molecular complexity index is 4330. The summed E-state index contributed by atoms with van der Waals surface area (Å²) in [4.78, 5) is 24.9. The summed E-state index contributed by atoms with van der Waals surface area (Å²) in [6.07, 6.45) is 17.3. The first-order valence-electron chi connectivity index (χ1n) is 31.6. The van der Waals surface area contributed by atoms with Crippen LogP contribution >= 0.6 is 0 Å². The fourth-order valence-corrected chi connectivity index (χ4v) is 14.3. The second-order valence-electron chi connectivity index (χ2n) is 23.7. The number of phenolic OH excluding ortho intramolecular Hbond substituents is 1. The van der Waals surface area contributed by atoms with E-state index in [4.69, 9.17) is 24.7 Å². The van der Waals surface area contributed by atoms with Crippen molar-refractivity contribution in [2.75, 3.05) is 16.9 Å². The zero-order valence-electron chi connectivity index (χ0n) is 50.8. The van der Waals surface area contributed by atoms with Gasteiger partial charge in [-0.2, -0.15) is 0 Å². The van der Waals surface area contributed by atoms with E-state index >= 15 is 0 Å². The van der Waals surface area contributed by atoms with Gasteiger partial charge in [0.25, 0.3) is 0 Å². The van der Waals surface area contributed by atoms with E-state index in [1.165, 1.54) is 64.3 Å². The fraction of sp³-hybridized carbons (Fsp3) is 0.241. The topological polar surface area (TPSA) is 87.5 Å². The summed E-state index contributed by atoms with van der Waals surface area (Å²) in [7, 11) is 1.78. The number of anilines is 6. The van der Waals surface area contributed by atoms with Crippen LogP contribution in [0.4, 0.5) is 34.4 Å². The SMILES string of the molecule is CCCCC1(CCCC)c2cc3ccc4ccc(N(c5ccccc5)c5ccccn5)cc4c3nc2-c2c(O)cccc21.CCCCC1(CCCC)c2cc3ccc4ccc(N(c5ccccc5)c5ccccn5)cc4c3nc2-c2c(OC)cccc21. The number of fused-ring (bicyclic) bond motifs is 12. The van der Waals surface area contributed by atoms with E-state index in [0.717, 1.165) is 141 Å². The monoisotopic (exact) mass is 1140 g/mol. The van der Waals surface area contributed by atoms with Gasteiger partial charge in [0.05, 0.1) is 29.5 Å². The summed E-state index contributed by atoms with van der Waals surface area (Å²) in [5.74, 6) is 2.98. The highest BCUT2D eigenvalue weighted by Crippen LogP contribution is 2.59. The molecule has 0 amide bonds. The Labute approximate surface area is 512 Å². The minimum atomic E-state index is -0.128. The molecule has 0 saturated carbocycles. The third kappa shape index (κ3) is 10.2. The summed E-state index contributed by atoms with van der Waals surface area (Å²) >= 11 is 0. The number of benzene rings is 8. The van der Waals surface area contributed by atoms with Crippen molar-refractivity contribution in [3.63, 3.8) is 0 Å². The van der Waals surface area contributed by atoms with Crippen LogP contribution in [0.3, 0.4) is 0 Å². The molecule has 87 heavy (non-hydrogen) atoms. The number of aromatic hydroxyl groups is 1. The van der Waals surface area contributed by atoms with Gasteiger partial charge >= 0.3 is 0 Å². The molecule has 0 radical (unpaired) electrons. The molecule has 14 rings (SSSR count). The van der Waals surface area contributed by atoms with Crippen molar-refractivity contribution in [3.05, 3.63) is 241 Å². The summed E-state index contributed by atoms with van der Waals surface area (Å²) in [5, 5.41) is 18.1. The van der Waals surface area contributed by atoms with E-state index in [1.807, 2.05) is 67.0 Å². The smallest absolute Gasteiger partial charge is 0.137 e. The molecule has 2 aliphatic carbocycles. The normalized spacial score (nSPS) is 13.2. The van der Waals surface area contributed by atoms with Gasteiger partial charge in [-0.1, -0.05) is 188 Å². The maximum atomic E-state index is 11.3. The van der Waals surface area contributed by atoms with Crippen LogP contribution in [0.1, 0.15) is 127 Å². The molecule has 12 aromatic rings. The molecule has 434 valence electrons. The van der Waals surface area contributed by atoms with Crippen LogP contribution < -0.4 is 14.5 Å². The first-order chi connectivity index (χ1) is 42.8. The third-order valence-corrected chi connectivity index (χ3v) is 18.5. The molecule has 4 aromatic heterocycles. The van der Waals surface area contributed by atoms with Crippen LogP contribution in [0.25, 0.3) is 65.9 Å². The first-order valence-corrected chi connectivity index (χ1v) is 31.6. The second kappa shape index (κ2) is 24.5. The van der Waals surface area contributed by atoms with Crippen LogP contribution in [0.5, 0.6) is 11.5 Å². The fourth-order valence-electron chi connectivity index (χ4n) is 14.3. The molecule has 0 spiro atoms. The van der Waals surface area contributed by atoms with Crippen molar-refractivity contribution in [2.24, 2.45) is 0 Å². The number of rotatable bonds is 19. The number of hydrogen-bond acceptors (Lipinski definition) is 8. The zero-order chi connectivity index (χ0) is 59.5. The van der Waals surface area contributed by atoms with Crippen LogP contribution in [-0.2, 0) is 10.8 Å². The summed E-state index contributed by atoms with van der Waals surface area (Å²) in [6.45, 7) is 9.11. The van der Waals surface area contributed by atoms with E-state index in [9.17, 15) is 5.11 Å². The lowest BCUT2D eigenvalue weighted by Crippen LogP contribution is -2.25. The highest BCUT2D eigenvalue weighted by molar-refractivity contribution is 6.10. The maximum absolute atomic E-state index is 11.3. The molecular formula is C79H76N6O2. The van der Waals surface area contributed by atoms with Crippen molar-refractivity contribution < 1.29 is 9.84 Å². The molecule has 0 saturated heterocycles. The van der Waals surface area contributed by atoms with E-state index in [-0.39, 0.29) is 10.8 Å². The number of para-hydroxylation sites is 2. The molecular weight excluding hydrogens is 1060 g/mol. The van der Waals surface area contributed by atoms with Crippen molar-refractivity contribution in [1.82, 2.24) is 19.9 Å². The lowest BCUT2D eigenvalue weighted by Gasteiger charge is -2.32. The van der Waals surface area contributed by atoms with Crippen molar-refractivity contribution in [3.8, 4) is 34.0 Å². The first kappa shape index (κ1) is 56.7. The summed E-state index contributed by atoms with van der Waals surface area (Å²) in [6, 6.07) is 72.5. The standard InChI is InChI=1S/C40H39N3O.C39H37N3O/c1-4-6-23-40(24-7-5-2)33-16-13-17-35(44-3)37(33)39-34(40)26-29-20-19-28-21-22-31(27-32(28)38(29)42-39)43(30-14-9-8-10-15-30)36-18-11-12-25-41-36;1-3-5-22-39(23-6-4-2)32-15-12-16-34(43)36(32)38-33(39)25-28-19-18-27-20-21-30(26-31(27)37(28)41-38)42(29-13-8-7-9-14-29)35-17-10-11-24-40-35/h8-22,25-27H,4-7,23-24H2,1-3H3;7-21,24-26,43H,3-6,22-23H2,1-2H3. The molecule has 4 heterocycles. The number of hydrogen-bond donors (Lipinski definition) is 1. The van der Waals surface area contributed by atoms with Gasteiger partial charge in [0.2, 0.25) is 0 Å². The Morgan fingerprint density at radius 2 is 0.805 bits per heavy atom. The molecule has 0 fully saturated rings. The molecule has 1 N–H and O–H groups in total. The molecule has 0 bridgehead atoms. The molecule has 0 atom stereocenters. The van der Waals surface area contributed by atoms with Crippen molar-refractivity contribution in [2.45, 2.75) is 116 Å². The Balaban J connectivity index is 0.000000161. The number of methoxy groups -OCH3 is 1. The van der Waals surface area contributed by atoms with Crippen LogP contribution in [0, 0.1) is 0 Å². The number of nitrogens with zero attached hydrogens (tertiary/aromatic N) is 6. The average Bonchev–Trinajstić information content (AvgIpc) is 1.77. The van der Waals surface area contributed by atoms with E-state index in [1.54, 1.807) is 7.11 Å². The molecule has 2 aliphatic rings. The Kier molecular flexibility index (Phi) is 16.0. The van der Waals surface area contributed by atoms with Gasteiger partial charge in [0.15, 0.2) is 0 Å². The summed E-state index contributed by atoms with van der Waals surface area (Å²) in [5.41, 5.74) is 15.4. The Hall–Kier alpha value is -9.40. The molecule has 0 aliphatic heterocycles. The van der Waals surface area contributed by atoms with Crippen LogP contribution in [-0.4, -0.2) is 32.2 Å². The highest BCUT2D eigenvalue weighted by atomic mass is 16.5. The lowest BCUT2D eigenvalue weighted by atomic mass is 9.71. The van der Waals surface area contributed by atoms with Gasteiger partial charge in [-0.3, -0.25) is 9.80 Å². The quantitative estimate of drug-likeness (QED) is 0.0802. The Morgan fingerprint density at radius 1 is 0.391 bits per heavy atom. The minimum absolute atomic E-state index is 0.0493. The van der Waals surface area contributed by atoms with Crippen LogP contribution in [0.2, 0.25) is 0 Å². The lowest BCUT2D eigenvalue weighted by molar-refractivity contribution is 0.405. The Morgan fingerprint density at radius 3 is 1.24 bits per heavy atom. The third-order valence-electron chi connectivity index (χ3n) is 18.5. The van der Waals surface area contributed by atoms with Gasteiger partial charge < -0.3 is 9.84 Å². The number of ether oxygens (including phenoxy) is 1. The number of pyridine rings is 4. The van der Waals surface area contributed by atoms with Crippen molar-refractivity contribution >= 4 is 77.7 Å². The highest BCUT2D eigenvalue weighted by Gasteiger charge is 2.46. The molecule has 8 nitrogen and oxygen atoms in total. The van der Waals surface area contributed by atoms with E-state index < -0.39 is 0 Å². The average molecular weight is 1140 g/mol. The van der Waals surface area contributed by atoms with E-state index in [2.05, 4.69) is 189 Å². The molecule has 0 unspecified atom stereocenters. The molecule has 8 aromatic carbocycles. The minimum Gasteiger partial charge on any atom is -0.507 e. The van der Waals surface area contributed by atoms with Crippen molar-refractivity contribution in [1.29, 1.82) is 0 Å². The number of aromatic nitrogens is 4.